The second-order valence-corrected chi connectivity index (χ2v) is 7.88. The number of fused-ring (bicyclic) bond motifs is 1. The van der Waals surface area contributed by atoms with Crippen LogP contribution in [-0.4, -0.2) is 28.6 Å². The summed E-state index contributed by atoms with van der Waals surface area (Å²) in [6.45, 7) is 5.59. The number of hydrogen-bond acceptors (Lipinski definition) is 2. The molecule has 0 fully saturated rings. The first kappa shape index (κ1) is 21.9. The molecule has 6 heteroatoms. The van der Waals surface area contributed by atoms with E-state index in [4.69, 9.17) is 16.3 Å². The van der Waals surface area contributed by atoms with E-state index in [1.165, 1.54) is 11.6 Å². The predicted octanol–water partition coefficient (Wildman–Crippen LogP) is 6.99. The maximum atomic E-state index is 13.9. The molecule has 3 aromatic carbocycles. The number of amides is 1. The van der Waals surface area contributed by atoms with Crippen LogP contribution in [-0.2, 0) is 6.54 Å². The van der Waals surface area contributed by atoms with Gasteiger partial charge in [-0.15, -0.1) is 0 Å². The summed E-state index contributed by atoms with van der Waals surface area (Å²) in [5.41, 5.74) is 3.54. The molecule has 1 aromatic heterocycles. The Morgan fingerprint density at radius 1 is 1.03 bits per heavy atom. The third-order valence-corrected chi connectivity index (χ3v) is 5.83. The van der Waals surface area contributed by atoms with Crippen LogP contribution in [0.4, 0.5) is 9.18 Å². The van der Waals surface area contributed by atoms with Gasteiger partial charge in [-0.2, -0.15) is 0 Å². The Labute approximate surface area is 191 Å². The minimum atomic E-state index is -0.495. The van der Waals surface area contributed by atoms with Crippen LogP contribution in [0.25, 0.3) is 22.0 Å². The second-order valence-electron chi connectivity index (χ2n) is 7.47. The third-order valence-electron chi connectivity index (χ3n) is 5.54. The molecule has 0 spiro atoms. The standard InChI is InChI=1S/C26H24ClFN2O2/c1-3-29(4-2)26(31)32-24-13-12-23-20(25(24)19-10-11-22(28)21(27)16-19)14-15-30(23)17-18-8-6-5-7-9-18/h5-16H,3-4,17H2,1-2H3. The summed E-state index contributed by atoms with van der Waals surface area (Å²) in [5.74, 6) is -0.0829. The molecule has 1 heterocycles. The summed E-state index contributed by atoms with van der Waals surface area (Å²) in [7, 11) is 0. The highest BCUT2D eigenvalue weighted by Crippen LogP contribution is 2.39. The Balaban J connectivity index is 1.84. The number of carbonyl (C=O) groups excluding carboxylic acids is 1. The molecule has 0 bridgehead atoms. The van der Waals surface area contributed by atoms with E-state index in [1.807, 2.05) is 50.4 Å². The van der Waals surface area contributed by atoms with E-state index >= 15 is 0 Å². The highest BCUT2D eigenvalue weighted by molar-refractivity contribution is 6.31. The number of hydrogen-bond donors (Lipinski definition) is 0. The van der Waals surface area contributed by atoms with E-state index in [-0.39, 0.29) is 5.02 Å². The molecular weight excluding hydrogens is 427 g/mol. The van der Waals surface area contributed by atoms with Crippen LogP contribution in [0, 0.1) is 5.82 Å². The van der Waals surface area contributed by atoms with Crippen molar-refractivity contribution in [1.82, 2.24) is 9.47 Å². The lowest BCUT2D eigenvalue weighted by Crippen LogP contribution is -2.33. The lowest BCUT2D eigenvalue weighted by atomic mass is 10.0. The van der Waals surface area contributed by atoms with E-state index in [2.05, 4.69) is 16.7 Å². The molecule has 0 atom stereocenters. The quantitative estimate of drug-likeness (QED) is 0.317. The van der Waals surface area contributed by atoms with Crippen LogP contribution in [0.15, 0.2) is 72.9 Å². The largest absolute Gasteiger partial charge is 0.415 e. The lowest BCUT2D eigenvalue weighted by Gasteiger charge is -2.20. The van der Waals surface area contributed by atoms with Gasteiger partial charge in [0, 0.05) is 42.3 Å². The number of nitrogens with zero attached hydrogens (tertiary/aromatic N) is 2. The second kappa shape index (κ2) is 9.45. The maximum Gasteiger partial charge on any atom is 0.415 e. The van der Waals surface area contributed by atoms with Gasteiger partial charge in [0.1, 0.15) is 11.6 Å². The molecule has 0 N–H and O–H groups in total. The lowest BCUT2D eigenvalue weighted by molar-refractivity contribution is 0.157. The van der Waals surface area contributed by atoms with Crippen LogP contribution in [0.3, 0.4) is 0 Å². The first-order valence-corrected chi connectivity index (χ1v) is 11.0. The van der Waals surface area contributed by atoms with Crippen molar-refractivity contribution in [1.29, 1.82) is 0 Å². The number of ether oxygens (including phenoxy) is 1. The summed E-state index contributed by atoms with van der Waals surface area (Å²) < 4.78 is 21.8. The summed E-state index contributed by atoms with van der Waals surface area (Å²) in [6, 6.07) is 20.4. The molecule has 1 amide bonds. The van der Waals surface area contributed by atoms with E-state index in [9.17, 15) is 9.18 Å². The molecule has 0 saturated heterocycles. The van der Waals surface area contributed by atoms with Crippen LogP contribution < -0.4 is 4.74 Å². The zero-order valence-corrected chi connectivity index (χ0v) is 18.8. The van der Waals surface area contributed by atoms with Crippen molar-refractivity contribution >= 4 is 28.6 Å². The van der Waals surface area contributed by atoms with Gasteiger partial charge in [0.15, 0.2) is 0 Å². The Hall–Kier alpha value is -3.31. The van der Waals surface area contributed by atoms with Crippen LogP contribution >= 0.6 is 11.6 Å². The average molecular weight is 451 g/mol. The van der Waals surface area contributed by atoms with Gasteiger partial charge in [0.25, 0.3) is 0 Å². The van der Waals surface area contributed by atoms with Crippen molar-refractivity contribution in [3.8, 4) is 16.9 Å². The monoisotopic (exact) mass is 450 g/mol. The first-order chi connectivity index (χ1) is 15.5. The number of carbonyl (C=O) groups is 1. The summed E-state index contributed by atoms with van der Waals surface area (Å²) in [6.07, 6.45) is 1.58. The molecule has 32 heavy (non-hydrogen) atoms. The topological polar surface area (TPSA) is 34.5 Å². The van der Waals surface area contributed by atoms with E-state index in [0.717, 1.165) is 10.9 Å². The fourth-order valence-electron chi connectivity index (χ4n) is 3.85. The molecule has 164 valence electrons. The highest BCUT2D eigenvalue weighted by Gasteiger charge is 2.19. The zero-order chi connectivity index (χ0) is 22.7. The average Bonchev–Trinajstić information content (AvgIpc) is 3.20. The minimum absolute atomic E-state index is 0.0178. The number of halogens is 2. The van der Waals surface area contributed by atoms with Crippen molar-refractivity contribution in [2.24, 2.45) is 0 Å². The summed E-state index contributed by atoms with van der Waals surface area (Å²) in [5, 5.41) is 0.915. The van der Waals surface area contributed by atoms with E-state index < -0.39 is 11.9 Å². The molecule has 0 saturated carbocycles. The molecule has 4 rings (SSSR count). The van der Waals surface area contributed by atoms with Gasteiger partial charge in [-0.1, -0.05) is 48.0 Å². The molecule has 4 aromatic rings. The fraction of sp³-hybridized carbons (Fsp3) is 0.192. The van der Waals surface area contributed by atoms with E-state index in [0.29, 0.717) is 36.5 Å². The van der Waals surface area contributed by atoms with Gasteiger partial charge in [0.05, 0.1) is 5.02 Å². The molecule has 0 aliphatic rings. The molecule has 0 aliphatic heterocycles. The fourth-order valence-corrected chi connectivity index (χ4v) is 4.03. The van der Waals surface area contributed by atoms with Gasteiger partial charge in [-0.05, 0) is 55.3 Å². The maximum absolute atomic E-state index is 13.9. The van der Waals surface area contributed by atoms with Crippen molar-refractivity contribution in [3.05, 3.63) is 89.3 Å². The SMILES string of the molecule is CCN(CC)C(=O)Oc1ccc2c(ccn2Cc2ccccc2)c1-c1ccc(F)c(Cl)c1. The van der Waals surface area contributed by atoms with Gasteiger partial charge in [-0.25, -0.2) is 9.18 Å². The van der Waals surface area contributed by atoms with Crippen molar-refractivity contribution < 1.29 is 13.9 Å². The summed E-state index contributed by atoms with van der Waals surface area (Å²) in [4.78, 5) is 14.3. The highest BCUT2D eigenvalue weighted by atomic mass is 35.5. The molecule has 0 radical (unpaired) electrons. The van der Waals surface area contributed by atoms with Crippen molar-refractivity contribution in [2.75, 3.05) is 13.1 Å². The predicted molar refractivity (Wildman–Crippen MR) is 127 cm³/mol. The molecular formula is C26H24ClFN2O2. The number of aromatic nitrogens is 1. The van der Waals surface area contributed by atoms with Crippen LogP contribution in [0.2, 0.25) is 5.02 Å². The molecule has 0 aliphatic carbocycles. The van der Waals surface area contributed by atoms with Gasteiger partial charge in [0.2, 0.25) is 0 Å². The summed E-state index contributed by atoms with van der Waals surface area (Å²) >= 11 is 6.08. The Morgan fingerprint density at radius 2 is 1.78 bits per heavy atom. The van der Waals surface area contributed by atoms with Crippen molar-refractivity contribution in [2.45, 2.75) is 20.4 Å². The van der Waals surface area contributed by atoms with E-state index in [1.54, 1.807) is 23.1 Å². The van der Waals surface area contributed by atoms with Crippen LogP contribution in [0.5, 0.6) is 5.75 Å². The smallest absolute Gasteiger partial charge is 0.410 e. The normalized spacial score (nSPS) is 11.0. The van der Waals surface area contributed by atoms with Gasteiger partial charge < -0.3 is 14.2 Å². The van der Waals surface area contributed by atoms with Gasteiger partial charge in [-0.3, -0.25) is 0 Å². The number of benzene rings is 3. The third kappa shape index (κ3) is 4.34. The minimum Gasteiger partial charge on any atom is -0.410 e. The van der Waals surface area contributed by atoms with Gasteiger partial charge >= 0.3 is 6.09 Å². The Morgan fingerprint density at radius 3 is 2.47 bits per heavy atom. The first-order valence-electron chi connectivity index (χ1n) is 10.6. The molecule has 0 unspecified atom stereocenters. The Kier molecular flexibility index (Phi) is 6.47. The zero-order valence-electron chi connectivity index (χ0n) is 18.0. The molecule has 4 nitrogen and oxygen atoms in total. The van der Waals surface area contributed by atoms with Crippen LogP contribution in [0.1, 0.15) is 19.4 Å². The number of rotatable bonds is 6. The Bertz CT molecular complexity index is 1250. The van der Waals surface area contributed by atoms with Crippen molar-refractivity contribution in [3.63, 3.8) is 0 Å².